The predicted octanol–water partition coefficient (Wildman–Crippen LogP) is 4.74. The lowest BCUT2D eigenvalue weighted by Crippen LogP contribution is -2.31. The Kier molecular flexibility index (Phi) is 14.0. The Morgan fingerprint density at radius 3 is 2.04 bits per heavy atom. The molecule has 3 rings (SSSR count). The van der Waals surface area contributed by atoms with Gasteiger partial charge in [-0.05, 0) is 48.4 Å². The Morgan fingerprint density at radius 1 is 0.851 bits per heavy atom. The fourth-order valence-corrected chi connectivity index (χ4v) is 3.73. The Balaban J connectivity index is 0.000000984. The fraction of sp³-hybridized carbons (Fsp3) is 0.267. The van der Waals surface area contributed by atoms with E-state index < -0.39 is 42.0 Å². The first-order chi connectivity index (χ1) is 22.1. The third-order valence-corrected chi connectivity index (χ3v) is 6.03. The van der Waals surface area contributed by atoms with Crippen molar-refractivity contribution in [1.29, 1.82) is 0 Å². The molecule has 252 valence electrons. The normalized spacial score (nSPS) is 11.1. The topological polar surface area (TPSA) is 205 Å². The number of carbonyl (C=O) groups excluding carboxylic acids is 3. The predicted molar refractivity (Wildman–Crippen MR) is 162 cm³/mol. The van der Waals surface area contributed by atoms with Crippen molar-refractivity contribution in [3.8, 4) is 11.5 Å². The first-order valence-corrected chi connectivity index (χ1v) is 13.6. The summed E-state index contributed by atoms with van der Waals surface area (Å²) in [6.45, 7) is 1.88. The van der Waals surface area contributed by atoms with Crippen molar-refractivity contribution in [3.05, 3.63) is 71.9 Å². The van der Waals surface area contributed by atoms with Gasteiger partial charge < -0.3 is 41.0 Å². The second kappa shape index (κ2) is 17.6. The second-order valence-corrected chi connectivity index (χ2v) is 9.51. The number of methoxy groups -OCH3 is 2. The molecule has 47 heavy (non-hydrogen) atoms. The number of ether oxygens (including phenoxy) is 2. The molecule has 1 aromatic heterocycles. The van der Waals surface area contributed by atoms with Crippen LogP contribution in [0.15, 0.2) is 60.8 Å². The molecule has 0 bridgehead atoms. The molecular weight excluding hydrogens is 631 g/mol. The number of pyridine rings is 1. The summed E-state index contributed by atoms with van der Waals surface area (Å²) < 4.78 is 42.2. The van der Waals surface area contributed by atoms with Crippen molar-refractivity contribution in [2.75, 3.05) is 30.2 Å². The molecule has 0 radical (unpaired) electrons. The number of amides is 4. The summed E-state index contributed by atoms with van der Waals surface area (Å²) in [5, 5.41) is 27.1. The summed E-state index contributed by atoms with van der Waals surface area (Å²) in [6.07, 6.45) is -4.38. The van der Waals surface area contributed by atoms with Gasteiger partial charge >= 0.3 is 24.1 Å². The lowest BCUT2D eigenvalue weighted by molar-refractivity contribution is -0.192. The van der Waals surface area contributed by atoms with E-state index in [-0.39, 0.29) is 25.1 Å². The van der Waals surface area contributed by atoms with Crippen LogP contribution in [0.2, 0.25) is 0 Å². The largest absolute Gasteiger partial charge is 0.493 e. The van der Waals surface area contributed by atoms with Crippen LogP contribution in [0.1, 0.15) is 36.4 Å². The number of aliphatic carboxylic acids is 2. The quantitative estimate of drug-likeness (QED) is 0.157. The highest BCUT2D eigenvalue weighted by Gasteiger charge is 2.38. The maximum atomic E-state index is 12.5. The third-order valence-electron chi connectivity index (χ3n) is 6.03. The number of para-hydroxylation sites is 1. The molecule has 0 unspecified atom stereocenters. The SMILES string of the molecule is COc1ccc([C@H](CC(=O)O)NC(=O)CCC(=O)Nc2ccc(NC(=O)Nc3ccccc3C)cn2)cc1OC.O=C(O)C(F)(F)F. The highest BCUT2D eigenvalue weighted by atomic mass is 19.4. The van der Waals surface area contributed by atoms with Gasteiger partial charge in [-0.3, -0.25) is 14.4 Å². The van der Waals surface area contributed by atoms with Gasteiger partial charge in [-0.2, -0.15) is 13.2 Å². The van der Waals surface area contributed by atoms with Gasteiger partial charge in [-0.15, -0.1) is 0 Å². The van der Waals surface area contributed by atoms with Crippen LogP contribution in [-0.4, -0.2) is 65.4 Å². The summed E-state index contributed by atoms with van der Waals surface area (Å²) in [7, 11) is 2.93. The molecule has 3 aromatic rings. The summed E-state index contributed by atoms with van der Waals surface area (Å²) in [5.41, 5.74) is 2.53. The van der Waals surface area contributed by atoms with Gasteiger partial charge in [0.15, 0.2) is 11.5 Å². The number of carbonyl (C=O) groups is 5. The number of benzene rings is 2. The summed E-state index contributed by atoms with van der Waals surface area (Å²) in [4.78, 5) is 61.5. The molecule has 1 heterocycles. The Labute approximate surface area is 266 Å². The van der Waals surface area contributed by atoms with Crippen molar-refractivity contribution in [2.24, 2.45) is 0 Å². The number of carboxylic acids is 2. The van der Waals surface area contributed by atoms with Crippen molar-refractivity contribution in [2.45, 2.75) is 38.4 Å². The van der Waals surface area contributed by atoms with E-state index in [0.29, 0.717) is 28.4 Å². The number of rotatable bonds is 12. The average molecular weight is 664 g/mol. The summed E-state index contributed by atoms with van der Waals surface area (Å²) in [5.74, 6) is -3.72. The van der Waals surface area contributed by atoms with Crippen LogP contribution < -0.4 is 30.7 Å². The minimum atomic E-state index is -5.08. The highest BCUT2D eigenvalue weighted by Crippen LogP contribution is 2.31. The molecule has 17 heteroatoms. The lowest BCUT2D eigenvalue weighted by Gasteiger charge is -2.19. The number of urea groups is 1. The van der Waals surface area contributed by atoms with Gasteiger partial charge in [0, 0.05) is 18.5 Å². The number of carboxylic acid groups (broad SMARTS) is 2. The van der Waals surface area contributed by atoms with Gasteiger partial charge in [0.1, 0.15) is 5.82 Å². The smallest absolute Gasteiger partial charge is 0.490 e. The Hall–Kier alpha value is -5.87. The maximum absolute atomic E-state index is 12.5. The van der Waals surface area contributed by atoms with Crippen molar-refractivity contribution >= 4 is 47.0 Å². The van der Waals surface area contributed by atoms with E-state index in [2.05, 4.69) is 26.3 Å². The second-order valence-electron chi connectivity index (χ2n) is 9.51. The fourth-order valence-electron chi connectivity index (χ4n) is 3.73. The standard InChI is InChI=1S/C28H31N5O7.C2HF3O2/c1-17-6-4-5-7-20(17)32-28(38)30-19-9-11-24(29-16-19)33-26(35)13-12-25(34)31-21(15-27(36)37)18-8-10-22(39-2)23(14-18)40-3;3-2(4,5)1(6)7/h4-11,14,16,21H,12-13,15H2,1-3H3,(H,31,34)(H,36,37)(H,29,33,35)(H2,30,32,38);(H,6,7)/t21-;/m0./s1. The van der Waals surface area contributed by atoms with Crippen LogP contribution in [-0.2, 0) is 19.2 Å². The number of anilines is 3. The van der Waals surface area contributed by atoms with Crippen LogP contribution in [0.5, 0.6) is 11.5 Å². The zero-order valence-electron chi connectivity index (χ0n) is 25.3. The lowest BCUT2D eigenvalue weighted by atomic mass is 10.0. The molecule has 0 aliphatic rings. The maximum Gasteiger partial charge on any atom is 0.490 e. The van der Waals surface area contributed by atoms with E-state index in [1.165, 1.54) is 26.5 Å². The minimum Gasteiger partial charge on any atom is -0.493 e. The van der Waals surface area contributed by atoms with E-state index >= 15 is 0 Å². The summed E-state index contributed by atoms with van der Waals surface area (Å²) in [6, 6.07) is 14.0. The molecule has 0 aliphatic carbocycles. The number of nitrogens with one attached hydrogen (secondary N) is 4. The van der Waals surface area contributed by atoms with Gasteiger partial charge in [-0.25, -0.2) is 14.6 Å². The molecule has 4 amide bonds. The number of nitrogens with zero attached hydrogens (tertiary/aromatic N) is 1. The van der Waals surface area contributed by atoms with E-state index in [1.807, 2.05) is 25.1 Å². The van der Waals surface area contributed by atoms with E-state index in [4.69, 9.17) is 19.4 Å². The molecule has 1 atom stereocenters. The van der Waals surface area contributed by atoms with E-state index in [0.717, 1.165) is 5.56 Å². The molecule has 0 spiro atoms. The molecule has 0 saturated carbocycles. The van der Waals surface area contributed by atoms with E-state index in [9.17, 15) is 37.5 Å². The molecule has 6 N–H and O–H groups in total. The van der Waals surface area contributed by atoms with Gasteiger partial charge in [0.05, 0.1) is 38.6 Å². The van der Waals surface area contributed by atoms with Crippen molar-refractivity contribution in [3.63, 3.8) is 0 Å². The number of hydrogen-bond donors (Lipinski definition) is 6. The van der Waals surface area contributed by atoms with Crippen LogP contribution in [0.3, 0.4) is 0 Å². The summed E-state index contributed by atoms with van der Waals surface area (Å²) >= 11 is 0. The van der Waals surface area contributed by atoms with Crippen LogP contribution in [0, 0.1) is 6.92 Å². The molecule has 0 saturated heterocycles. The highest BCUT2D eigenvalue weighted by molar-refractivity contribution is 6.00. The number of alkyl halides is 3. The van der Waals surface area contributed by atoms with Gasteiger partial charge in [0.25, 0.3) is 0 Å². The first kappa shape index (κ1) is 37.3. The number of halogens is 3. The van der Waals surface area contributed by atoms with Crippen molar-refractivity contribution in [1.82, 2.24) is 10.3 Å². The zero-order chi connectivity index (χ0) is 35.1. The zero-order valence-corrected chi connectivity index (χ0v) is 25.3. The molecule has 0 fully saturated rings. The average Bonchev–Trinajstić information content (AvgIpc) is 3.01. The number of aromatic nitrogens is 1. The Morgan fingerprint density at radius 2 is 1.49 bits per heavy atom. The Bertz CT molecular complexity index is 1570. The number of aryl methyl sites for hydroxylation is 1. The number of hydrogen-bond acceptors (Lipinski definition) is 8. The van der Waals surface area contributed by atoms with E-state index in [1.54, 1.807) is 30.3 Å². The minimum absolute atomic E-state index is 0.155. The molecule has 0 aliphatic heterocycles. The monoisotopic (exact) mass is 663 g/mol. The van der Waals surface area contributed by atoms with Gasteiger partial charge in [0.2, 0.25) is 11.8 Å². The van der Waals surface area contributed by atoms with Crippen LogP contribution in [0.4, 0.5) is 35.2 Å². The van der Waals surface area contributed by atoms with Crippen LogP contribution >= 0.6 is 0 Å². The van der Waals surface area contributed by atoms with Crippen molar-refractivity contribution < 1.29 is 56.8 Å². The van der Waals surface area contributed by atoms with Crippen LogP contribution in [0.25, 0.3) is 0 Å². The third kappa shape index (κ3) is 12.9. The molecule has 2 aromatic carbocycles. The molecule has 14 nitrogen and oxygen atoms in total. The first-order valence-electron chi connectivity index (χ1n) is 13.6. The van der Waals surface area contributed by atoms with Gasteiger partial charge in [-0.1, -0.05) is 24.3 Å². The molecular formula is C30H32F3N5O9.